The van der Waals surface area contributed by atoms with Crippen LogP contribution in [0.25, 0.3) is 165 Å². The minimum atomic E-state index is 1.23. The Kier molecular flexibility index (Phi) is 6.47. The van der Waals surface area contributed by atoms with E-state index in [-0.39, 0.29) is 0 Å². The van der Waals surface area contributed by atoms with Crippen molar-refractivity contribution in [2.24, 2.45) is 0 Å². The minimum Gasteiger partial charge on any atom is -0.306 e. The molecule has 0 amide bonds. The van der Waals surface area contributed by atoms with Gasteiger partial charge in [-0.15, -0.1) is 0 Å². The lowest BCUT2D eigenvalue weighted by molar-refractivity contribution is 1.33. The van der Waals surface area contributed by atoms with Crippen LogP contribution in [0.3, 0.4) is 0 Å². The highest BCUT2D eigenvalue weighted by molar-refractivity contribution is 6.35. The first kappa shape index (κ1) is 35.3. The van der Waals surface area contributed by atoms with Crippen LogP contribution in [-0.4, -0.2) is 8.80 Å². The second kappa shape index (κ2) is 12.5. The van der Waals surface area contributed by atoms with Crippen LogP contribution in [0.4, 0.5) is 0 Å². The average Bonchev–Trinajstić information content (AvgIpc) is 4.14. The lowest BCUT2D eigenvalue weighted by Gasteiger charge is -2.24. The molecule has 11 aromatic carbocycles. The molecule has 0 atom stereocenters. The third-order valence-corrected chi connectivity index (χ3v) is 15.9. The van der Waals surface area contributed by atoms with Gasteiger partial charge in [0.2, 0.25) is 0 Å². The zero-order chi connectivity index (χ0) is 43.9. The monoisotopic (exact) mass is 856 g/mol. The van der Waals surface area contributed by atoms with Crippen molar-refractivity contribution in [2.75, 3.05) is 0 Å². The van der Waals surface area contributed by atoms with Gasteiger partial charge >= 0.3 is 0 Å². The molecule has 0 saturated carbocycles. The van der Waals surface area contributed by atoms with E-state index in [4.69, 9.17) is 0 Å². The molecule has 0 N–H and O–H groups in total. The number of hydrogen-bond acceptors (Lipinski definition) is 0. The van der Waals surface area contributed by atoms with Gasteiger partial charge in [-0.05, 0) is 90.0 Å². The van der Waals surface area contributed by atoms with Crippen LogP contribution in [0.5, 0.6) is 0 Å². The Morgan fingerprint density at radius 3 is 0.779 bits per heavy atom. The largest absolute Gasteiger partial charge is 0.306 e. The summed E-state index contributed by atoms with van der Waals surface area (Å²) in [4.78, 5) is 0. The van der Waals surface area contributed by atoms with Crippen molar-refractivity contribution in [2.45, 2.75) is 0 Å². The Labute approximate surface area is 390 Å². The average molecular weight is 857 g/mol. The van der Waals surface area contributed by atoms with Gasteiger partial charge in [0.1, 0.15) is 0 Å². The number of nitrogens with zero attached hydrogens (tertiary/aromatic N) is 2. The summed E-state index contributed by atoms with van der Waals surface area (Å²) in [6, 6.07) is 82.5. The van der Waals surface area contributed by atoms with E-state index >= 15 is 0 Å². The molecule has 68 heavy (non-hydrogen) atoms. The smallest absolute Gasteiger partial charge is 0.0789 e. The summed E-state index contributed by atoms with van der Waals surface area (Å²) in [5.74, 6) is 0. The molecule has 2 heteroatoms. The molecule has 0 bridgehead atoms. The second-order valence-corrected chi connectivity index (χ2v) is 19.0. The highest BCUT2D eigenvalue weighted by Crippen LogP contribution is 2.56. The summed E-state index contributed by atoms with van der Waals surface area (Å²) >= 11 is 0. The zero-order valence-electron chi connectivity index (χ0n) is 36.7. The van der Waals surface area contributed by atoms with Crippen molar-refractivity contribution < 1.29 is 0 Å². The number of para-hydroxylation sites is 2. The van der Waals surface area contributed by atoms with E-state index in [1.165, 1.54) is 165 Å². The third-order valence-electron chi connectivity index (χ3n) is 15.9. The molecule has 0 unspecified atom stereocenters. The number of benzene rings is 11. The van der Waals surface area contributed by atoms with Crippen LogP contribution in [0.1, 0.15) is 0 Å². The van der Waals surface area contributed by atoms with E-state index in [0.29, 0.717) is 0 Å². The Morgan fingerprint density at radius 1 is 0.176 bits per heavy atom. The van der Waals surface area contributed by atoms with Gasteiger partial charge in [0.25, 0.3) is 0 Å². The molecule has 4 heterocycles. The maximum atomic E-state index is 2.63. The number of aromatic nitrogens is 2. The lowest BCUT2D eigenvalue weighted by atomic mass is 9.79. The molecule has 4 aromatic heterocycles. The molecular weight excluding hydrogens is 821 g/mol. The molecule has 2 aliphatic rings. The van der Waals surface area contributed by atoms with Gasteiger partial charge in [-0.3, -0.25) is 0 Å². The maximum absolute atomic E-state index is 2.63. The van der Waals surface area contributed by atoms with Crippen molar-refractivity contribution in [3.63, 3.8) is 0 Å². The van der Waals surface area contributed by atoms with Gasteiger partial charge in [-0.25, -0.2) is 0 Å². The predicted molar refractivity (Wildman–Crippen MR) is 286 cm³/mol. The van der Waals surface area contributed by atoms with Crippen LogP contribution in [-0.2, 0) is 0 Å². The number of fused-ring (bicyclic) bond motifs is 31. The van der Waals surface area contributed by atoms with Crippen LogP contribution < -0.4 is 0 Å². The molecule has 0 radical (unpaired) electrons. The predicted octanol–water partition coefficient (Wildman–Crippen LogP) is 17.9. The first-order chi connectivity index (χ1) is 33.8. The summed E-state index contributed by atoms with van der Waals surface area (Å²) in [5, 5.41) is 10.3. The van der Waals surface area contributed by atoms with Gasteiger partial charge in [0.05, 0.1) is 33.1 Å². The normalized spacial score (nSPS) is 12.7. The van der Waals surface area contributed by atoms with E-state index in [1.807, 2.05) is 0 Å². The minimum absolute atomic E-state index is 1.23. The van der Waals surface area contributed by atoms with E-state index in [0.717, 1.165) is 0 Å². The van der Waals surface area contributed by atoms with Gasteiger partial charge in [0.15, 0.2) is 0 Å². The Balaban J connectivity index is 1.06. The summed E-state index contributed by atoms with van der Waals surface area (Å²) in [5.41, 5.74) is 27.9. The molecule has 0 fully saturated rings. The molecule has 2 nitrogen and oxygen atoms in total. The van der Waals surface area contributed by atoms with Gasteiger partial charge in [0, 0.05) is 54.2 Å². The van der Waals surface area contributed by atoms with Gasteiger partial charge in [-0.2, -0.15) is 0 Å². The highest BCUT2D eigenvalue weighted by atomic mass is 15.0. The summed E-state index contributed by atoms with van der Waals surface area (Å²) in [6.07, 6.45) is 0. The van der Waals surface area contributed by atoms with Crippen LogP contribution >= 0.6 is 0 Å². The SMILES string of the molecule is c1ccc2c(c1)-c1ccccc1-c1ccc3c(c1-c1ccccc1-2)c1cccc2c4ccc5c6cccc7c8c9c(ccc8n(c67)c5c4n3c21)-c1ccccc1-c1ccccc1-c1ccccc1-9. The van der Waals surface area contributed by atoms with E-state index in [9.17, 15) is 0 Å². The molecule has 2 aliphatic carbocycles. The van der Waals surface area contributed by atoms with E-state index in [2.05, 4.69) is 227 Å². The maximum Gasteiger partial charge on any atom is 0.0789 e. The Bertz CT molecular complexity index is 4420. The standard InChI is InChI=1S/C66H36N2/c1-3-17-39-37(15-1)41-19-5-7-23-45(41)49-33-35-57-61(59(49)47-25-11-9-21-43(39)47)55-29-13-27-51-53-31-32-54-52-28-14-30-56-62-58(68(64(52)56)66(54)65(53)67(57)63(51)55)36-34-50-46-24-8-6-20-42(46)38-16-2-4-18-40(38)44-22-10-12-26-48(44)60(50)62/h1-36H. The summed E-state index contributed by atoms with van der Waals surface area (Å²) in [6.45, 7) is 0. The quantitative estimate of drug-likeness (QED) is 0.144. The van der Waals surface area contributed by atoms with E-state index in [1.54, 1.807) is 0 Å². The Hall–Kier alpha value is -8.98. The zero-order valence-corrected chi connectivity index (χ0v) is 36.7. The first-order valence-electron chi connectivity index (χ1n) is 23.8. The fourth-order valence-corrected chi connectivity index (χ4v) is 13.4. The van der Waals surface area contributed by atoms with Gasteiger partial charge in [-0.1, -0.05) is 206 Å². The molecule has 310 valence electrons. The molecule has 0 aliphatic heterocycles. The van der Waals surface area contributed by atoms with Crippen LogP contribution in [0.2, 0.25) is 0 Å². The second-order valence-electron chi connectivity index (χ2n) is 19.0. The van der Waals surface area contributed by atoms with Crippen molar-refractivity contribution >= 4 is 76.2 Å². The lowest BCUT2D eigenvalue weighted by Crippen LogP contribution is -1.98. The van der Waals surface area contributed by atoms with Crippen molar-refractivity contribution in [3.8, 4) is 89.0 Å². The molecule has 15 aromatic rings. The fraction of sp³-hybridized carbons (Fsp3) is 0. The Morgan fingerprint density at radius 2 is 0.441 bits per heavy atom. The summed E-state index contributed by atoms with van der Waals surface area (Å²) in [7, 11) is 0. The topological polar surface area (TPSA) is 8.82 Å². The fourth-order valence-electron chi connectivity index (χ4n) is 13.4. The summed E-state index contributed by atoms with van der Waals surface area (Å²) < 4.78 is 5.27. The van der Waals surface area contributed by atoms with Crippen molar-refractivity contribution in [3.05, 3.63) is 218 Å². The molecule has 17 rings (SSSR count). The van der Waals surface area contributed by atoms with Crippen LogP contribution in [0.15, 0.2) is 218 Å². The third kappa shape index (κ3) is 4.14. The highest BCUT2D eigenvalue weighted by Gasteiger charge is 2.31. The molecule has 0 spiro atoms. The van der Waals surface area contributed by atoms with Crippen molar-refractivity contribution in [1.29, 1.82) is 0 Å². The molecular formula is C66H36N2. The number of rotatable bonds is 0. The first-order valence-corrected chi connectivity index (χ1v) is 23.8. The van der Waals surface area contributed by atoms with Crippen molar-refractivity contribution in [1.82, 2.24) is 8.80 Å². The molecule has 0 saturated heterocycles. The van der Waals surface area contributed by atoms with Gasteiger partial charge < -0.3 is 8.80 Å². The van der Waals surface area contributed by atoms with E-state index < -0.39 is 0 Å². The number of hydrogen-bond donors (Lipinski definition) is 0. The van der Waals surface area contributed by atoms with Crippen LogP contribution in [0, 0.1) is 0 Å².